The van der Waals surface area contributed by atoms with Gasteiger partial charge in [0.2, 0.25) is 0 Å². The largest absolute Gasteiger partial charge is 0.459 e. The van der Waals surface area contributed by atoms with Crippen LogP contribution in [0.5, 0.6) is 0 Å². The number of alkyl halides is 5. The van der Waals surface area contributed by atoms with Crippen LogP contribution in [0.1, 0.15) is 31.0 Å². The fourth-order valence-corrected chi connectivity index (χ4v) is 5.10. The van der Waals surface area contributed by atoms with Crippen LogP contribution in [0.2, 0.25) is 0 Å². The summed E-state index contributed by atoms with van der Waals surface area (Å²) >= 11 is 0. The lowest BCUT2D eigenvalue weighted by molar-refractivity contribution is -0.291. The number of fused-ring (bicyclic) bond motifs is 1. The van der Waals surface area contributed by atoms with E-state index in [1.807, 2.05) is 0 Å². The van der Waals surface area contributed by atoms with E-state index in [0.717, 1.165) is 5.56 Å². The molecule has 200 valence electrons. The Morgan fingerprint density at radius 1 is 1.03 bits per heavy atom. The first-order valence-electron chi connectivity index (χ1n) is 11.4. The molecule has 3 heterocycles. The van der Waals surface area contributed by atoms with Crippen LogP contribution in [-0.2, 0) is 28.4 Å². The van der Waals surface area contributed by atoms with E-state index in [2.05, 4.69) is 20.2 Å². The molecule has 1 aliphatic carbocycles. The van der Waals surface area contributed by atoms with Gasteiger partial charge in [-0.15, -0.1) is 10.2 Å². The van der Waals surface area contributed by atoms with Crippen LogP contribution >= 0.6 is 0 Å². The summed E-state index contributed by atoms with van der Waals surface area (Å²) in [5.74, 6) is -5.65. The maximum Gasteiger partial charge on any atom is 0.459 e. The van der Waals surface area contributed by atoms with Gasteiger partial charge in [0, 0.05) is 18.8 Å². The Kier molecular flexibility index (Phi) is 5.84. The molecular weight excluding hydrogens is 533 g/mol. The second kappa shape index (κ2) is 8.50. The number of sulfone groups is 1. The molecule has 1 fully saturated rings. The third-order valence-electron chi connectivity index (χ3n) is 6.55. The zero-order valence-corrected chi connectivity index (χ0v) is 20.8. The van der Waals surface area contributed by atoms with E-state index in [4.69, 9.17) is 0 Å². The van der Waals surface area contributed by atoms with E-state index in [-0.39, 0.29) is 33.3 Å². The number of aliphatic hydroxyl groups is 1. The maximum atomic E-state index is 13.8. The van der Waals surface area contributed by atoms with Crippen LogP contribution in [0, 0.1) is 0 Å². The third kappa shape index (κ3) is 4.21. The number of aromatic nitrogens is 5. The lowest BCUT2D eigenvalue weighted by Gasteiger charge is -2.17. The van der Waals surface area contributed by atoms with Crippen LogP contribution in [0.3, 0.4) is 0 Å². The molecule has 1 aliphatic rings. The van der Waals surface area contributed by atoms with E-state index in [1.54, 1.807) is 24.3 Å². The third-order valence-corrected chi connectivity index (χ3v) is 8.29. The molecule has 1 saturated carbocycles. The molecule has 14 heteroatoms. The second-order valence-corrected chi connectivity index (χ2v) is 11.3. The predicted octanol–water partition coefficient (Wildman–Crippen LogP) is 4.52. The Bertz CT molecular complexity index is 1660. The summed E-state index contributed by atoms with van der Waals surface area (Å²) in [5.41, 5.74) is -1.21. The maximum absolute atomic E-state index is 13.8. The summed E-state index contributed by atoms with van der Waals surface area (Å²) < 4.78 is 93.4. The van der Waals surface area contributed by atoms with Gasteiger partial charge >= 0.3 is 12.1 Å². The van der Waals surface area contributed by atoms with Crippen LogP contribution < -0.4 is 0 Å². The molecule has 0 spiro atoms. The number of nitrogens with zero attached hydrogens (tertiary/aromatic N) is 5. The molecule has 0 aliphatic heterocycles. The van der Waals surface area contributed by atoms with E-state index >= 15 is 0 Å². The molecule has 1 aromatic carbocycles. The van der Waals surface area contributed by atoms with Gasteiger partial charge in [0.25, 0.3) is 0 Å². The number of aryl methyl sites for hydroxylation is 1. The van der Waals surface area contributed by atoms with Gasteiger partial charge in [-0.3, -0.25) is 4.98 Å². The fraction of sp³-hybridized carbons (Fsp3) is 0.333. The Balaban J connectivity index is 1.63. The topological polar surface area (TPSA) is 111 Å². The van der Waals surface area contributed by atoms with Crippen LogP contribution in [0.25, 0.3) is 33.8 Å². The van der Waals surface area contributed by atoms with Gasteiger partial charge in [0.1, 0.15) is 16.9 Å². The van der Waals surface area contributed by atoms with E-state index in [0.29, 0.717) is 30.0 Å². The molecule has 0 bridgehead atoms. The number of hydrogen-bond acceptors (Lipinski definition) is 7. The highest BCUT2D eigenvalue weighted by Gasteiger charge is 2.60. The van der Waals surface area contributed by atoms with Crippen molar-refractivity contribution in [1.29, 1.82) is 0 Å². The second-order valence-electron chi connectivity index (χ2n) is 9.09. The summed E-state index contributed by atoms with van der Waals surface area (Å²) in [5, 5.41) is 16.8. The summed E-state index contributed by atoms with van der Waals surface area (Å²) in [4.78, 5) is 8.20. The molecule has 1 N–H and O–H groups in total. The van der Waals surface area contributed by atoms with Crippen molar-refractivity contribution in [2.75, 3.05) is 5.75 Å². The van der Waals surface area contributed by atoms with Crippen molar-refractivity contribution in [2.24, 2.45) is 7.05 Å². The van der Waals surface area contributed by atoms with Crippen LogP contribution in [0.4, 0.5) is 22.0 Å². The van der Waals surface area contributed by atoms with Crippen molar-refractivity contribution in [3.05, 3.63) is 53.9 Å². The number of pyridine rings is 1. The van der Waals surface area contributed by atoms with Gasteiger partial charge in [-0.05, 0) is 36.1 Å². The van der Waals surface area contributed by atoms with Crippen molar-refractivity contribution < 1.29 is 35.5 Å². The zero-order valence-electron chi connectivity index (χ0n) is 20.0. The summed E-state index contributed by atoms with van der Waals surface area (Å²) in [6.45, 7) is 1.43. The van der Waals surface area contributed by atoms with Gasteiger partial charge in [0.05, 0.1) is 16.2 Å². The average molecular weight is 554 g/mol. The Morgan fingerprint density at radius 3 is 2.26 bits per heavy atom. The van der Waals surface area contributed by atoms with Crippen LogP contribution in [0.15, 0.2) is 47.5 Å². The highest BCUT2D eigenvalue weighted by molar-refractivity contribution is 7.91. The normalized spacial score (nSPS) is 15.7. The molecule has 4 aromatic rings. The average Bonchev–Trinajstić information content (AvgIpc) is 3.55. The van der Waals surface area contributed by atoms with Gasteiger partial charge < -0.3 is 9.67 Å². The van der Waals surface area contributed by atoms with Gasteiger partial charge in [-0.2, -0.15) is 22.0 Å². The summed E-state index contributed by atoms with van der Waals surface area (Å²) in [6.07, 6.45) is -3.15. The number of imidazole rings is 1. The smallest absolute Gasteiger partial charge is 0.385 e. The lowest BCUT2D eigenvalue weighted by atomic mass is 10.0. The Hall–Kier alpha value is -3.52. The predicted molar refractivity (Wildman–Crippen MR) is 126 cm³/mol. The minimum Gasteiger partial charge on any atom is -0.385 e. The molecule has 0 unspecified atom stereocenters. The number of benzene rings is 1. The van der Waals surface area contributed by atoms with E-state index in [9.17, 15) is 35.5 Å². The molecule has 5 rings (SSSR count). The SMILES string of the molecule is CCS(=O)(=O)c1cc(-c2ccc(C3(O)CC3)cc2)cnc1-c1nc2cc(C(F)(F)C(F)(F)F)nnc2n1C. The first kappa shape index (κ1) is 26.1. The molecule has 0 radical (unpaired) electrons. The number of halogens is 5. The van der Waals surface area contributed by atoms with Crippen molar-refractivity contribution in [1.82, 2.24) is 24.7 Å². The van der Waals surface area contributed by atoms with Crippen molar-refractivity contribution in [3.63, 3.8) is 0 Å². The highest BCUT2D eigenvalue weighted by atomic mass is 32.2. The van der Waals surface area contributed by atoms with Crippen molar-refractivity contribution >= 4 is 21.0 Å². The molecule has 0 atom stereocenters. The fourth-order valence-electron chi connectivity index (χ4n) is 4.04. The van der Waals surface area contributed by atoms with Gasteiger partial charge in [-0.1, -0.05) is 31.2 Å². The van der Waals surface area contributed by atoms with E-state index < -0.39 is 33.2 Å². The first-order chi connectivity index (χ1) is 17.7. The number of hydrogen-bond donors (Lipinski definition) is 1. The lowest BCUT2D eigenvalue weighted by Crippen LogP contribution is -2.34. The zero-order chi connectivity index (χ0) is 27.7. The molecule has 0 amide bonds. The standard InChI is InChI=1S/C24H20F5N5O3S/c1-3-38(36,37)17-10-14(13-4-6-15(7-5-13)22(35)8-9-22)12-30-19(17)21-31-16-11-18(23(25,26)24(27,28)29)32-33-20(16)34(21)2/h4-7,10-12,35H,3,8-9H2,1-2H3. The first-order valence-corrected chi connectivity index (χ1v) is 13.0. The Morgan fingerprint density at radius 2 is 1.68 bits per heavy atom. The quantitative estimate of drug-likeness (QED) is 0.350. The molecule has 3 aromatic heterocycles. The minimum absolute atomic E-state index is 0.105. The number of rotatable bonds is 6. The monoisotopic (exact) mass is 553 g/mol. The molecule has 38 heavy (non-hydrogen) atoms. The molecule has 8 nitrogen and oxygen atoms in total. The highest BCUT2D eigenvalue weighted by Crippen LogP contribution is 2.46. The van der Waals surface area contributed by atoms with Crippen LogP contribution in [-0.4, -0.2) is 50.2 Å². The van der Waals surface area contributed by atoms with E-state index in [1.165, 1.54) is 30.8 Å². The Labute approximate surface area is 213 Å². The van der Waals surface area contributed by atoms with Gasteiger partial charge in [-0.25, -0.2) is 13.4 Å². The minimum atomic E-state index is -5.89. The summed E-state index contributed by atoms with van der Waals surface area (Å²) in [7, 11) is -2.51. The summed E-state index contributed by atoms with van der Waals surface area (Å²) in [6, 6.07) is 8.84. The molecular formula is C24H20F5N5O3S. The van der Waals surface area contributed by atoms with Crippen molar-refractivity contribution in [2.45, 2.75) is 42.4 Å². The van der Waals surface area contributed by atoms with Crippen molar-refractivity contribution in [3.8, 4) is 22.6 Å². The molecule has 0 saturated heterocycles. The van der Waals surface area contributed by atoms with Gasteiger partial charge in [0.15, 0.2) is 21.3 Å².